The van der Waals surface area contributed by atoms with E-state index in [0.29, 0.717) is 6.42 Å². The molecule has 0 spiro atoms. The van der Waals surface area contributed by atoms with Crippen LogP contribution in [0.5, 0.6) is 0 Å². The lowest BCUT2D eigenvalue weighted by molar-refractivity contribution is 0.0808. The molecule has 0 bridgehead atoms. The molecular weight excluding hydrogens is 152 g/mol. The molecule has 0 atom stereocenters. The first-order valence-corrected chi connectivity index (χ1v) is 4.10. The van der Waals surface area contributed by atoms with Crippen LogP contribution in [0, 0.1) is 6.92 Å². The summed E-state index contributed by atoms with van der Waals surface area (Å²) in [5.74, 6) is 0. The third kappa shape index (κ3) is 2.34. The van der Waals surface area contributed by atoms with E-state index in [0.717, 1.165) is 11.3 Å². The van der Waals surface area contributed by atoms with Crippen molar-refractivity contribution in [1.29, 1.82) is 0 Å². The fourth-order valence-electron chi connectivity index (χ4n) is 1.29. The first-order valence-electron chi connectivity index (χ1n) is 4.10. The van der Waals surface area contributed by atoms with Crippen LogP contribution in [-0.2, 0) is 13.5 Å². The van der Waals surface area contributed by atoms with Gasteiger partial charge in [0.25, 0.3) is 0 Å². The van der Waals surface area contributed by atoms with Gasteiger partial charge in [-0.1, -0.05) is 0 Å². The van der Waals surface area contributed by atoms with Crippen molar-refractivity contribution < 1.29 is 5.11 Å². The second-order valence-corrected chi connectivity index (χ2v) is 3.90. The van der Waals surface area contributed by atoms with Gasteiger partial charge in [0.15, 0.2) is 0 Å². The Morgan fingerprint density at radius 1 is 1.58 bits per heavy atom. The van der Waals surface area contributed by atoms with Gasteiger partial charge in [0, 0.05) is 19.7 Å². The van der Waals surface area contributed by atoms with Gasteiger partial charge in [-0.05, 0) is 26.3 Å². The van der Waals surface area contributed by atoms with Gasteiger partial charge >= 0.3 is 0 Å². The second kappa shape index (κ2) is 2.90. The normalized spacial score (nSPS) is 12.1. The monoisotopic (exact) mass is 168 g/mol. The third-order valence-corrected chi connectivity index (χ3v) is 1.74. The van der Waals surface area contributed by atoms with Gasteiger partial charge in [0.2, 0.25) is 0 Å². The highest BCUT2D eigenvalue weighted by Gasteiger charge is 2.16. The van der Waals surface area contributed by atoms with E-state index in [1.54, 1.807) is 18.5 Å². The summed E-state index contributed by atoms with van der Waals surface area (Å²) >= 11 is 0. The molecule has 1 heterocycles. The Balaban J connectivity index is 2.82. The van der Waals surface area contributed by atoms with Crippen molar-refractivity contribution >= 4 is 0 Å². The number of nitrogens with zero attached hydrogens (tertiary/aromatic N) is 2. The fourth-order valence-corrected chi connectivity index (χ4v) is 1.29. The number of rotatable bonds is 2. The zero-order chi connectivity index (χ0) is 9.35. The minimum Gasteiger partial charge on any atom is -0.390 e. The van der Waals surface area contributed by atoms with Crippen molar-refractivity contribution in [2.75, 3.05) is 0 Å². The van der Waals surface area contributed by atoms with Gasteiger partial charge in [-0.3, -0.25) is 4.68 Å². The average Bonchev–Trinajstić information content (AvgIpc) is 2.06. The van der Waals surface area contributed by atoms with Crippen LogP contribution in [0.4, 0.5) is 0 Å². The van der Waals surface area contributed by atoms with Gasteiger partial charge in [-0.25, -0.2) is 0 Å². The molecule has 1 aromatic rings. The average molecular weight is 168 g/mol. The Kier molecular flexibility index (Phi) is 2.24. The van der Waals surface area contributed by atoms with Crippen LogP contribution >= 0.6 is 0 Å². The Bertz CT molecular complexity index is 271. The molecule has 68 valence electrons. The maximum absolute atomic E-state index is 9.57. The molecule has 0 fully saturated rings. The summed E-state index contributed by atoms with van der Waals surface area (Å²) in [6, 6.07) is 0. The van der Waals surface area contributed by atoms with Crippen molar-refractivity contribution in [2.24, 2.45) is 7.05 Å². The molecule has 0 saturated heterocycles. The maximum atomic E-state index is 9.57. The van der Waals surface area contributed by atoms with E-state index in [1.807, 2.05) is 20.2 Å². The largest absolute Gasteiger partial charge is 0.390 e. The van der Waals surface area contributed by atoms with Gasteiger partial charge < -0.3 is 5.11 Å². The van der Waals surface area contributed by atoms with E-state index in [2.05, 4.69) is 5.10 Å². The first kappa shape index (κ1) is 9.26. The van der Waals surface area contributed by atoms with Crippen molar-refractivity contribution in [1.82, 2.24) is 9.78 Å². The van der Waals surface area contributed by atoms with Crippen molar-refractivity contribution in [3.8, 4) is 0 Å². The van der Waals surface area contributed by atoms with Crippen LogP contribution < -0.4 is 0 Å². The Morgan fingerprint density at radius 3 is 2.50 bits per heavy atom. The topological polar surface area (TPSA) is 38.0 Å². The highest BCUT2D eigenvalue weighted by atomic mass is 16.3. The Labute approximate surface area is 73.0 Å². The summed E-state index contributed by atoms with van der Waals surface area (Å²) in [5.41, 5.74) is 1.47. The van der Waals surface area contributed by atoms with E-state index in [1.165, 1.54) is 0 Å². The molecule has 1 rings (SSSR count). The minimum atomic E-state index is -0.645. The molecule has 0 aliphatic carbocycles. The van der Waals surface area contributed by atoms with Crippen LogP contribution in [0.1, 0.15) is 25.1 Å². The maximum Gasteiger partial charge on any atom is 0.0633 e. The lowest BCUT2D eigenvalue weighted by atomic mass is 10.00. The van der Waals surface area contributed by atoms with Crippen LogP contribution in [0.2, 0.25) is 0 Å². The van der Waals surface area contributed by atoms with E-state index < -0.39 is 5.60 Å². The van der Waals surface area contributed by atoms with E-state index in [4.69, 9.17) is 0 Å². The van der Waals surface area contributed by atoms with Crippen molar-refractivity contribution in [3.05, 3.63) is 17.5 Å². The van der Waals surface area contributed by atoms with Gasteiger partial charge in [0.05, 0.1) is 11.3 Å². The summed E-state index contributed by atoms with van der Waals surface area (Å²) in [6.45, 7) is 5.57. The molecule has 0 unspecified atom stereocenters. The highest BCUT2D eigenvalue weighted by Crippen LogP contribution is 2.14. The molecule has 1 N–H and O–H groups in total. The predicted molar refractivity (Wildman–Crippen MR) is 47.9 cm³/mol. The molecule has 0 radical (unpaired) electrons. The molecular formula is C9H16N2O. The van der Waals surface area contributed by atoms with Gasteiger partial charge in [0.1, 0.15) is 0 Å². The first-order chi connectivity index (χ1) is 5.38. The molecule has 0 aromatic carbocycles. The SMILES string of the molecule is Cc1nn(C)cc1CC(C)(C)O. The van der Waals surface area contributed by atoms with Gasteiger partial charge in [-0.15, -0.1) is 0 Å². The summed E-state index contributed by atoms with van der Waals surface area (Å²) in [6.07, 6.45) is 2.61. The van der Waals surface area contributed by atoms with Crippen LogP contribution in [0.15, 0.2) is 6.20 Å². The Morgan fingerprint density at radius 2 is 2.17 bits per heavy atom. The van der Waals surface area contributed by atoms with Crippen molar-refractivity contribution in [2.45, 2.75) is 32.8 Å². The van der Waals surface area contributed by atoms with E-state index in [-0.39, 0.29) is 0 Å². The lowest BCUT2D eigenvalue weighted by Gasteiger charge is -2.15. The molecule has 3 heteroatoms. The number of aryl methyl sites for hydroxylation is 2. The third-order valence-electron chi connectivity index (χ3n) is 1.74. The van der Waals surface area contributed by atoms with Crippen LogP contribution in [0.3, 0.4) is 0 Å². The van der Waals surface area contributed by atoms with E-state index in [9.17, 15) is 5.11 Å². The summed E-state index contributed by atoms with van der Waals surface area (Å²) in [4.78, 5) is 0. The Hall–Kier alpha value is -0.830. The summed E-state index contributed by atoms with van der Waals surface area (Å²) < 4.78 is 1.77. The van der Waals surface area contributed by atoms with Crippen LogP contribution in [-0.4, -0.2) is 20.5 Å². The van der Waals surface area contributed by atoms with Gasteiger partial charge in [-0.2, -0.15) is 5.10 Å². The molecule has 0 amide bonds. The highest BCUT2D eigenvalue weighted by molar-refractivity contribution is 5.17. The molecule has 3 nitrogen and oxygen atoms in total. The number of hydrogen-bond donors (Lipinski definition) is 1. The van der Waals surface area contributed by atoms with Crippen molar-refractivity contribution in [3.63, 3.8) is 0 Å². The predicted octanol–water partition coefficient (Wildman–Crippen LogP) is 1.04. The number of aliphatic hydroxyl groups is 1. The fraction of sp³-hybridized carbons (Fsp3) is 0.667. The number of hydrogen-bond acceptors (Lipinski definition) is 2. The number of aromatic nitrogens is 2. The molecule has 0 aliphatic heterocycles. The smallest absolute Gasteiger partial charge is 0.0633 e. The standard InChI is InChI=1S/C9H16N2O/c1-7-8(5-9(2,3)12)6-11(4)10-7/h6,12H,5H2,1-4H3. The quantitative estimate of drug-likeness (QED) is 0.716. The molecule has 0 saturated carbocycles. The lowest BCUT2D eigenvalue weighted by Crippen LogP contribution is -2.21. The molecule has 0 aliphatic rings. The minimum absolute atomic E-state index is 0.645. The summed E-state index contributed by atoms with van der Waals surface area (Å²) in [5, 5.41) is 13.8. The molecule has 1 aromatic heterocycles. The zero-order valence-electron chi connectivity index (χ0n) is 8.13. The van der Waals surface area contributed by atoms with E-state index >= 15 is 0 Å². The van der Waals surface area contributed by atoms with Crippen LogP contribution in [0.25, 0.3) is 0 Å². The summed E-state index contributed by atoms with van der Waals surface area (Å²) in [7, 11) is 1.89. The zero-order valence-corrected chi connectivity index (χ0v) is 8.13. The second-order valence-electron chi connectivity index (χ2n) is 3.90. The molecule has 12 heavy (non-hydrogen) atoms.